The largest absolute Gasteiger partial charge is 0.487 e. The third-order valence-electron chi connectivity index (χ3n) is 2.81. The number of rotatable bonds is 2. The van der Waals surface area contributed by atoms with Crippen LogP contribution in [0.15, 0.2) is 12.1 Å². The Morgan fingerprint density at radius 1 is 1.00 bits per heavy atom. The van der Waals surface area contributed by atoms with Gasteiger partial charge < -0.3 is 4.74 Å². The van der Waals surface area contributed by atoms with Gasteiger partial charge in [-0.2, -0.15) is 4.39 Å². The third-order valence-corrected chi connectivity index (χ3v) is 2.81. The van der Waals surface area contributed by atoms with Crippen molar-refractivity contribution in [2.45, 2.75) is 38.2 Å². The van der Waals surface area contributed by atoms with Crippen LogP contribution in [0.25, 0.3) is 0 Å². The van der Waals surface area contributed by atoms with Crippen LogP contribution in [0.1, 0.15) is 32.1 Å². The molecule has 0 aromatic heterocycles. The van der Waals surface area contributed by atoms with Crippen LogP contribution in [0.4, 0.5) is 13.2 Å². The molecule has 1 fully saturated rings. The van der Waals surface area contributed by atoms with E-state index in [0.29, 0.717) is 6.07 Å². The lowest BCUT2D eigenvalue weighted by Gasteiger charge is -2.23. The predicted octanol–water partition coefficient (Wildman–Crippen LogP) is 3.82. The van der Waals surface area contributed by atoms with Crippen LogP contribution in [0.2, 0.25) is 0 Å². The van der Waals surface area contributed by atoms with Crippen LogP contribution in [0.5, 0.6) is 5.75 Å². The second-order valence-electron chi connectivity index (χ2n) is 4.08. The molecule has 0 bridgehead atoms. The van der Waals surface area contributed by atoms with Crippen molar-refractivity contribution in [3.63, 3.8) is 0 Å². The molecule has 0 unspecified atom stereocenters. The van der Waals surface area contributed by atoms with Crippen molar-refractivity contribution in [1.82, 2.24) is 0 Å². The minimum Gasteiger partial charge on any atom is -0.487 e. The van der Waals surface area contributed by atoms with Crippen LogP contribution in [0.3, 0.4) is 0 Å². The van der Waals surface area contributed by atoms with Crippen LogP contribution in [0, 0.1) is 17.5 Å². The highest BCUT2D eigenvalue weighted by atomic mass is 19.2. The summed E-state index contributed by atoms with van der Waals surface area (Å²) in [5, 5.41) is 0. The topological polar surface area (TPSA) is 9.23 Å². The molecule has 88 valence electrons. The van der Waals surface area contributed by atoms with Crippen LogP contribution < -0.4 is 4.74 Å². The molecule has 1 aromatic rings. The Morgan fingerprint density at radius 2 is 1.69 bits per heavy atom. The quantitative estimate of drug-likeness (QED) is 0.702. The molecule has 0 saturated heterocycles. The van der Waals surface area contributed by atoms with Gasteiger partial charge in [-0.15, -0.1) is 0 Å². The second-order valence-corrected chi connectivity index (χ2v) is 4.08. The fraction of sp³-hybridized carbons (Fsp3) is 0.500. The van der Waals surface area contributed by atoms with Crippen molar-refractivity contribution < 1.29 is 17.9 Å². The number of hydrogen-bond donors (Lipinski definition) is 0. The van der Waals surface area contributed by atoms with Gasteiger partial charge in [0.05, 0.1) is 6.10 Å². The highest BCUT2D eigenvalue weighted by Crippen LogP contribution is 2.27. The summed E-state index contributed by atoms with van der Waals surface area (Å²) in [6, 6.07) is 1.41. The van der Waals surface area contributed by atoms with Crippen LogP contribution in [-0.4, -0.2) is 6.10 Å². The molecule has 4 heteroatoms. The summed E-state index contributed by atoms with van der Waals surface area (Å²) < 4.78 is 44.3. The molecule has 0 spiro atoms. The first-order valence-corrected chi connectivity index (χ1v) is 5.48. The van der Waals surface area contributed by atoms with E-state index in [2.05, 4.69) is 0 Å². The summed E-state index contributed by atoms with van der Waals surface area (Å²) in [7, 11) is 0. The maximum atomic E-state index is 13.3. The van der Waals surface area contributed by atoms with Gasteiger partial charge >= 0.3 is 0 Å². The molecule has 0 amide bonds. The molecule has 0 heterocycles. The lowest BCUT2D eigenvalue weighted by atomic mass is 9.98. The zero-order valence-electron chi connectivity index (χ0n) is 8.81. The lowest BCUT2D eigenvalue weighted by Crippen LogP contribution is -2.20. The molecule has 1 aliphatic rings. The first-order chi connectivity index (χ1) is 7.66. The highest BCUT2D eigenvalue weighted by Gasteiger charge is 2.19. The molecule has 16 heavy (non-hydrogen) atoms. The number of benzene rings is 1. The fourth-order valence-corrected chi connectivity index (χ4v) is 1.98. The highest BCUT2D eigenvalue weighted by molar-refractivity contribution is 5.26. The Kier molecular flexibility index (Phi) is 3.36. The first kappa shape index (κ1) is 11.3. The first-order valence-electron chi connectivity index (χ1n) is 5.48. The second kappa shape index (κ2) is 4.76. The van der Waals surface area contributed by atoms with Gasteiger partial charge in [0, 0.05) is 12.1 Å². The molecule has 1 saturated carbocycles. The predicted molar refractivity (Wildman–Crippen MR) is 53.8 cm³/mol. The minimum absolute atomic E-state index is 0.121. The van der Waals surface area contributed by atoms with Crippen molar-refractivity contribution in [1.29, 1.82) is 0 Å². The van der Waals surface area contributed by atoms with E-state index in [1.807, 2.05) is 0 Å². The van der Waals surface area contributed by atoms with E-state index in [1.54, 1.807) is 0 Å². The summed E-state index contributed by atoms with van der Waals surface area (Å²) in [6.45, 7) is 0. The number of ether oxygens (including phenoxy) is 1. The van der Waals surface area contributed by atoms with E-state index in [1.165, 1.54) is 0 Å². The number of halogens is 3. The molecule has 0 atom stereocenters. The SMILES string of the molecule is Fc1cc(F)c(F)c(OC2CCCCC2)c1. The van der Waals surface area contributed by atoms with Gasteiger partial charge in [0.15, 0.2) is 11.6 Å². The molecule has 0 aliphatic heterocycles. The van der Waals surface area contributed by atoms with Crippen molar-refractivity contribution in [3.05, 3.63) is 29.6 Å². The molecular formula is C12H13F3O. The van der Waals surface area contributed by atoms with E-state index in [0.717, 1.165) is 38.2 Å². The molecule has 1 aliphatic carbocycles. The summed E-state index contributed by atoms with van der Waals surface area (Å²) in [4.78, 5) is 0. The van der Waals surface area contributed by atoms with E-state index in [-0.39, 0.29) is 11.9 Å². The zero-order valence-corrected chi connectivity index (χ0v) is 8.81. The van der Waals surface area contributed by atoms with Crippen LogP contribution >= 0.6 is 0 Å². The summed E-state index contributed by atoms with van der Waals surface area (Å²) in [5.74, 6) is -3.44. The maximum Gasteiger partial charge on any atom is 0.200 e. The van der Waals surface area contributed by atoms with Crippen LogP contribution in [-0.2, 0) is 0 Å². The molecule has 0 radical (unpaired) electrons. The van der Waals surface area contributed by atoms with Gasteiger partial charge in [0.25, 0.3) is 0 Å². The summed E-state index contributed by atoms with van der Waals surface area (Å²) >= 11 is 0. The Morgan fingerprint density at radius 3 is 2.38 bits per heavy atom. The Bertz CT molecular complexity index is 373. The van der Waals surface area contributed by atoms with Gasteiger partial charge in [0.2, 0.25) is 5.82 Å². The van der Waals surface area contributed by atoms with Gasteiger partial charge in [-0.25, -0.2) is 8.78 Å². The summed E-state index contributed by atoms with van der Waals surface area (Å²) in [6.07, 6.45) is 4.69. The maximum absolute atomic E-state index is 13.3. The molecular weight excluding hydrogens is 217 g/mol. The van der Waals surface area contributed by atoms with E-state index in [9.17, 15) is 13.2 Å². The Balaban J connectivity index is 2.13. The van der Waals surface area contributed by atoms with Gasteiger partial charge in [-0.05, 0) is 25.7 Å². The fourth-order valence-electron chi connectivity index (χ4n) is 1.98. The smallest absolute Gasteiger partial charge is 0.200 e. The van der Waals surface area contributed by atoms with E-state index >= 15 is 0 Å². The average Bonchev–Trinajstić information content (AvgIpc) is 2.27. The standard InChI is InChI=1S/C12H13F3O/c13-8-6-10(14)12(15)11(7-8)16-9-4-2-1-3-5-9/h6-7,9H,1-5H2. The zero-order chi connectivity index (χ0) is 11.5. The van der Waals surface area contributed by atoms with Crippen molar-refractivity contribution in [3.8, 4) is 5.75 Å². The van der Waals surface area contributed by atoms with Crippen molar-refractivity contribution in [2.24, 2.45) is 0 Å². The lowest BCUT2D eigenvalue weighted by molar-refractivity contribution is 0.146. The van der Waals surface area contributed by atoms with Crippen molar-refractivity contribution >= 4 is 0 Å². The molecule has 1 aromatic carbocycles. The van der Waals surface area contributed by atoms with Gasteiger partial charge in [-0.1, -0.05) is 6.42 Å². The molecule has 2 rings (SSSR count). The Hall–Kier alpha value is -1.19. The Labute approximate surface area is 92.2 Å². The van der Waals surface area contributed by atoms with E-state index < -0.39 is 17.5 Å². The van der Waals surface area contributed by atoms with E-state index in [4.69, 9.17) is 4.74 Å². The monoisotopic (exact) mass is 230 g/mol. The van der Waals surface area contributed by atoms with Crippen molar-refractivity contribution in [2.75, 3.05) is 0 Å². The summed E-state index contributed by atoms with van der Waals surface area (Å²) in [5.41, 5.74) is 0. The molecule has 1 nitrogen and oxygen atoms in total. The average molecular weight is 230 g/mol. The number of hydrogen-bond acceptors (Lipinski definition) is 1. The molecule has 0 N–H and O–H groups in total. The van der Waals surface area contributed by atoms with Gasteiger partial charge in [-0.3, -0.25) is 0 Å². The third kappa shape index (κ3) is 2.49. The minimum atomic E-state index is -1.20. The van der Waals surface area contributed by atoms with Gasteiger partial charge in [0.1, 0.15) is 5.82 Å². The normalized spacial score (nSPS) is 17.4.